The summed E-state index contributed by atoms with van der Waals surface area (Å²) in [4.78, 5) is 2.16. The Bertz CT molecular complexity index is 810. The molecule has 31 heavy (non-hydrogen) atoms. The molecule has 0 unspecified atom stereocenters. The second kappa shape index (κ2) is 10.6. The van der Waals surface area contributed by atoms with Crippen LogP contribution in [0.2, 0.25) is 0 Å². The molecule has 2 rings (SSSR count). The van der Waals surface area contributed by atoms with Crippen LogP contribution in [-0.4, -0.2) is 47.6 Å². The third kappa shape index (κ3) is 5.74. The number of hydrogen-bond donors (Lipinski definition) is 0. The van der Waals surface area contributed by atoms with Gasteiger partial charge in [-0.3, -0.25) is 0 Å². The van der Waals surface area contributed by atoms with Crippen LogP contribution in [-0.2, 0) is 9.47 Å². The first-order chi connectivity index (χ1) is 14.7. The van der Waals surface area contributed by atoms with Crippen molar-refractivity contribution in [2.75, 3.05) is 46.9 Å². The van der Waals surface area contributed by atoms with E-state index in [9.17, 15) is 0 Å². The second-order valence-electron chi connectivity index (χ2n) is 8.19. The first kappa shape index (κ1) is 24.6. The van der Waals surface area contributed by atoms with Gasteiger partial charge in [-0.1, -0.05) is 0 Å². The Morgan fingerprint density at radius 3 is 1.35 bits per heavy atom. The Balaban J connectivity index is 2.84. The van der Waals surface area contributed by atoms with Crippen LogP contribution >= 0.6 is 0 Å². The predicted octanol–water partition coefficient (Wildman–Crippen LogP) is 5.22. The van der Waals surface area contributed by atoms with Crippen molar-refractivity contribution in [2.45, 2.75) is 40.2 Å². The Labute approximate surface area is 185 Å². The van der Waals surface area contributed by atoms with E-state index in [1.165, 1.54) is 0 Å². The standard InChI is InChI=1S/C24H35NO6/c1-16-10-18(28-8)12-20(22(16)30-14-26-6)25(24(3,4)5)21-13-19(29-9)11-17(2)23(21)31-15-27-7/h10-13H,14-15H2,1-9H3. The molecular formula is C24H35NO6. The highest BCUT2D eigenvalue weighted by Gasteiger charge is 2.31. The molecule has 2 aromatic rings. The van der Waals surface area contributed by atoms with Crippen molar-refractivity contribution in [3.63, 3.8) is 0 Å². The minimum atomic E-state index is -0.353. The number of rotatable bonds is 10. The number of benzene rings is 2. The molecule has 0 radical (unpaired) electrons. The van der Waals surface area contributed by atoms with Gasteiger partial charge in [0.25, 0.3) is 0 Å². The van der Waals surface area contributed by atoms with E-state index in [4.69, 9.17) is 28.4 Å². The molecule has 7 heteroatoms. The average molecular weight is 434 g/mol. The highest BCUT2D eigenvalue weighted by atomic mass is 16.7. The van der Waals surface area contributed by atoms with Gasteiger partial charge in [0.2, 0.25) is 0 Å². The molecule has 0 heterocycles. The fourth-order valence-electron chi connectivity index (χ4n) is 3.48. The summed E-state index contributed by atoms with van der Waals surface area (Å²) < 4.78 is 33.5. The van der Waals surface area contributed by atoms with E-state index in [1.807, 2.05) is 38.1 Å². The largest absolute Gasteiger partial charge is 0.497 e. The third-order valence-corrected chi connectivity index (χ3v) is 4.72. The molecule has 0 aliphatic carbocycles. The number of nitrogens with zero attached hydrogens (tertiary/aromatic N) is 1. The van der Waals surface area contributed by atoms with Gasteiger partial charge in [-0.15, -0.1) is 0 Å². The molecule has 2 aromatic carbocycles. The van der Waals surface area contributed by atoms with Crippen LogP contribution in [0, 0.1) is 13.8 Å². The fraction of sp³-hybridized carbons (Fsp3) is 0.500. The van der Waals surface area contributed by atoms with Gasteiger partial charge in [-0.2, -0.15) is 0 Å². The van der Waals surface area contributed by atoms with Crippen molar-refractivity contribution in [3.05, 3.63) is 35.4 Å². The topological polar surface area (TPSA) is 58.6 Å². The summed E-state index contributed by atoms with van der Waals surface area (Å²) in [6, 6.07) is 7.79. The zero-order chi connectivity index (χ0) is 23.2. The Morgan fingerprint density at radius 1 is 0.677 bits per heavy atom. The Hall–Kier alpha value is -2.64. The molecule has 0 amide bonds. The van der Waals surface area contributed by atoms with E-state index in [0.29, 0.717) is 11.5 Å². The lowest BCUT2D eigenvalue weighted by atomic mass is 10.00. The van der Waals surface area contributed by atoms with Gasteiger partial charge >= 0.3 is 0 Å². The molecule has 0 saturated heterocycles. The maximum Gasteiger partial charge on any atom is 0.188 e. The van der Waals surface area contributed by atoms with E-state index < -0.39 is 0 Å². The average Bonchev–Trinajstić information content (AvgIpc) is 2.71. The molecular weight excluding hydrogens is 398 g/mol. The zero-order valence-corrected chi connectivity index (χ0v) is 20.1. The number of methoxy groups -OCH3 is 4. The first-order valence-corrected chi connectivity index (χ1v) is 10.1. The lowest BCUT2D eigenvalue weighted by molar-refractivity contribution is 0.0502. The number of hydrogen-bond acceptors (Lipinski definition) is 7. The summed E-state index contributed by atoms with van der Waals surface area (Å²) in [5.41, 5.74) is 3.17. The summed E-state index contributed by atoms with van der Waals surface area (Å²) in [6.07, 6.45) is 0. The van der Waals surface area contributed by atoms with Crippen molar-refractivity contribution in [1.29, 1.82) is 0 Å². The maximum absolute atomic E-state index is 6.01. The van der Waals surface area contributed by atoms with Gasteiger partial charge in [-0.05, 0) is 57.9 Å². The maximum atomic E-state index is 6.01. The summed E-state index contributed by atoms with van der Waals surface area (Å²) >= 11 is 0. The predicted molar refractivity (Wildman–Crippen MR) is 122 cm³/mol. The minimum absolute atomic E-state index is 0.127. The highest BCUT2D eigenvalue weighted by Crippen LogP contribution is 2.48. The first-order valence-electron chi connectivity index (χ1n) is 10.1. The molecule has 0 aliphatic rings. The van der Waals surface area contributed by atoms with E-state index in [0.717, 1.165) is 34.0 Å². The zero-order valence-electron chi connectivity index (χ0n) is 20.1. The van der Waals surface area contributed by atoms with Crippen LogP contribution in [0.5, 0.6) is 23.0 Å². The molecule has 7 nitrogen and oxygen atoms in total. The third-order valence-electron chi connectivity index (χ3n) is 4.72. The van der Waals surface area contributed by atoms with E-state index in [1.54, 1.807) is 28.4 Å². The van der Waals surface area contributed by atoms with Crippen LogP contribution in [0.3, 0.4) is 0 Å². The van der Waals surface area contributed by atoms with Gasteiger partial charge in [0.15, 0.2) is 13.6 Å². The van der Waals surface area contributed by atoms with E-state index in [-0.39, 0.29) is 19.1 Å². The van der Waals surface area contributed by atoms with Gasteiger partial charge in [0.1, 0.15) is 23.0 Å². The van der Waals surface area contributed by atoms with Crippen molar-refractivity contribution in [1.82, 2.24) is 0 Å². The lowest BCUT2D eigenvalue weighted by Gasteiger charge is -2.40. The lowest BCUT2D eigenvalue weighted by Crippen LogP contribution is -2.38. The Morgan fingerprint density at radius 2 is 1.06 bits per heavy atom. The molecule has 0 atom stereocenters. The normalized spacial score (nSPS) is 11.3. The molecule has 0 spiro atoms. The quantitative estimate of drug-likeness (QED) is 0.476. The van der Waals surface area contributed by atoms with Crippen LogP contribution in [0.4, 0.5) is 11.4 Å². The second-order valence-corrected chi connectivity index (χ2v) is 8.19. The number of aryl methyl sites for hydroxylation is 2. The van der Waals surface area contributed by atoms with Crippen molar-refractivity contribution in [2.24, 2.45) is 0 Å². The van der Waals surface area contributed by atoms with Crippen molar-refractivity contribution < 1.29 is 28.4 Å². The monoisotopic (exact) mass is 433 g/mol. The fourth-order valence-corrected chi connectivity index (χ4v) is 3.48. The summed E-state index contributed by atoms with van der Waals surface area (Å²) in [5, 5.41) is 0. The van der Waals surface area contributed by atoms with Gasteiger partial charge in [-0.25, -0.2) is 0 Å². The molecule has 0 aliphatic heterocycles. The van der Waals surface area contributed by atoms with E-state index in [2.05, 4.69) is 25.7 Å². The molecule has 0 aromatic heterocycles. The number of ether oxygens (including phenoxy) is 6. The van der Waals surface area contributed by atoms with Gasteiger partial charge < -0.3 is 33.3 Å². The highest BCUT2D eigenvalue weighted by molar-refractivity contribution is 5.79. The molecule has 0 saturated carbocycles. The summed E-state index contributed by atoms with van der Waals surface area (Å²) in [5.74, 6) is 2.86. The van der Waals surface area contributed by atoms with Gasteiger partial charge in [0, 0.05) is 31.9 Å². The summed E-state index contributed by atoms with van der Waals surface area (Å²) in [7, 11) is 6.50. The molecule has 0 fully saturated rings. The van der Waals surface area contributed by atoms with Crippen molar-refractivity contribution in [3.8, 4) is 23.0 Å². The van der Waals surface area contributed by atoms with E-state index >= 15 is 0 Å². The smallest absolute Gasteiger partial charge is 0.188 e. The summed E-state index contributed by atoms with van der Waals surface area (Å²) in [6.45, 7) is 10.6. The van der Waals surface area contributed by atoms with Crippen molar-refractivity contribution >= 4 is 11.4 Å². The molecule has 0 bridgehead atoms. The van der Waals surface area contributed by atoms with Crippen LogP contribution in [0.25, 0.3) is 0 Å². The van der Waals surface area contributed by atoms with Crippen LogP contribution in [0.15, 0.2) is 24.3 Å². The van der Waals surface area contributed by atoms with Gasteiger partial charge in [0.05, 0.1) is 25.6 Å². The minimum Gasteiger partial charge on any atom is -0.497 e. The molecule has 0 N–H and O–H groups in total. The Kier molecular flexibility index (Phi) is 8.42. The van der Waals surface area contributed by atoms with Crippen LogP contribution in [0.1, 0.15) is 31.9 Å². The number of anilines is 2. The molecule has 172 valence electrons. The SMILES string of the molecule is COCOc1c(C)cc(OC)cc1N(c1cc(OC)cc(C)c1OCOC)C(C)(C)C. The van der Waals surface area contributed by atoms with Crippen LogP contribution < -0.4 is 23.8 Å².